The lowest BCUT2D eigenvalue weighted by molar-refractivity contribution is -0.0156. The van der Waals surface area contributed by atoms with E-state index in [-0.39, 0.29) is 23.5 Å². The third kappa shape index (κ3) is 6.57. The van der Waals surface area contributed by atoms with Crippen molar-refractivity contribution in [1.29, 1.82) is 0 Å². The molecule has 1 atom stereocenters. The molecule has 0 aromatic heterocycles. The summed E-state index contributed by atoms with van der Waals surface area (Å²) >= 11 is 0. The highest BCUT2D eigenvalue weighted by atomic mass is 16.5. The number of phenolic OH excluding ortho intramolecular Hbond substituents is 1. The first-order valence-electron chi connectivity index (χ1n) is 10.7. The fraction of sp³-hybridized carbons (Fsp3) is 0.480. The van der Waals surface area contributed by atoms with Crippen LogP contribution in [0.1, 0.15) is 61.0 Å². The predicted octanol–water partition coefficient (Wildman–Crippen LogP) is 4.77. The van der Waals surface area contributed by atoms with Gasteiger partial charge in [0, 0.05) is 11.0 Å². The maximum atomic E-state index is 12.4. The largest absolute Gasteiger partial charge is 0.508 e. The van der Waals surface area contributed by atoms with Crippen molar-refractivity contribution in [3.05, 3.63) is 59.2 Å². The first-order valence-corrected chi connectivity index (χ1v) is 10.7. The number of benzene rings is 2. The van der Waals surface area contributed by atoms with Gasteiger partial charge in [-0.25, -0.2) is 0 Å². The Morgan fingerprint density at radius 2 is 1.77 bits per heavy atom. The molecule has 0 saturated heterocycles. The van der Waals surface area contributed by atoms with E-state index in [0.29, 0.717) is 12.2 Å². The Kier molecular flexibility index (Phi) is 8.88. The zero-order valence-corrected chi connectivity index (χ0v) is 18.6. The normalized spacial score (nSPS) is 12.6. The molecular weight excluding hydrogens is 378 g/mol. The number of phenols is 1. The van der Waals surface area contributed by atoms with Gasteiger partial charge in [0.15, 0.2) is 5.78 Å². The second-order valence-electron chi connectivity index (χ2n) is 8.10. The SMILES string of the molecule is CCC(CC)(CCCOc1cc(C)cc(C)c1)C(O)NCC(=O)c1cccc(O)c1. The molecule has 3 N–H and O–H groups in total. The highest BCUT2D eigenvalue weighted by Crippen LogP contribution is 2.35. The summed E-state index contributed by atoms with van der Waals surface area (Å²) in [5, 5.41) is 23.4. The number of carbonyl (C=O) groups is 1. The maximum Gasteiger partial charge on any atom is 0.176 e. The van der Waals surface area contributed by atoms with E-state index in [1.165, 1.54) is 23.3 Å². The number of aryl methyl sites for hydroxylation is 2. The van der Waals surface area contributed by atoms with Crippen molar-refractivity contribution < 1.29 is 19.7 Å². The molecule has 1 unspecified atom stereocenters. The smallest absolute Gasteiger partial charge is 0.176 e. The minimum absolute atomic E-state index is 0.0193. The van der Waals surface area contributed by atoms with E-state index in [9.17, 15) is 15.0 Å². The van der Waals surface area contributed by atoms with Crippen molar-refractivity contribution in [2.75, 3.05) is 13.2 Å². The number of carbonyl (C=O) groups excluding carboxylic acids is 1. The summed E-state index contributed by atoms with van der Waals surface area (Å²) in [6.07, 6.45) is 2.39. The first kappa shape index (κ1) is 23.9. The summed E-state index contributed by atoms with van der Waals surface area (Å²) in [6.45, 7) is 8.84. The third-order valence-electron chi connectivity index (χ3n) is 5.90. The van der Waals surface area contributed by atoms with E-state index in [1.807, 2.05) is 12.1 Å². The quantitative estimate of drug-likeness (QED) is 0.265. The standard InChI is InChI=1S/C25H35NO4/c1-5-25(6-2,11-8-12-30-22-14-18(3)13-19(4)15-22)24(29)26-17-23(28)20-9-7-10-21(27)16-20/h7,9-10,13-16,24,26-27,29H,5-6,8,11-12,17H2,1-4H3. The molecule has 5 nitrogen and oxygen atoms in total. The van der Waals surface area contributed by atoms with Gasteiger partial charge in [-0.3, -0.25) is 10.1 Å². The molecule has 164 valence electrons. The van der Waals surface area contributed by atoms with Crippen LogP contribution in [-0.4, -0.2) is 35.4 Å². The Hall–Kier alpha value is -2.37. The average molecular weight is 414 g/mol. The second-order valence-corrected chi connectivity index (χ2v) is 8.10. The number of rotatable bonds is 12. The summed E-state index contributed by atoms with van der Waals surface area (Å²) in [7, 11) is 0. The number of ether oxygens (including phenoxy) is 1. The van der Waals surface area contributed by atoms with Crippen molar-refractivity contribution in [3.8, 4) is 11.5 Å². The fourth-order valence-corrected chi connectivity index (χ4v) is 3.94. The highest BCUT2D eigenvalue weighted by molar-refractivity contribution is 5.97. The molecule has 0 aliphatic heterocycles. The monoisotopic (exact) mass is 413 g/mol. The Bertz CT molecular complexity index is 809. The van der Waals surface area contributed by atoms with Gasteiger partial charge in [-0.2, -0.15) is 0 Å². The van der Waals surface area contributed by atoms with Crippen LogP contribution in [0.15, 0.2) is 42.5 Å². The highest BCUT2D eigenvalue weighted by Gasteiger charge is 2.34. The van der Waals surface area contributed by atoms with Crippen LogP contribution in [0.4, 0.5) is 0 Å². The lowest BCUT2D eigenvalue weighted by atomic mass is 9.76. The van der Waals surface area contributed by atoms with Gasteiger partial charge >= 0.3 is 0 Å². The Morgan fingerprint density at radius 3 is 2.37 bits per heavy atom. The molecule has 2 rings (SSSR count). The van der Waals surface area contributed by atoms with Gasteiger partial charge in [-0.05, 0) is 74.9 Å². The lowest BCUT2D eigenvalue weighted by Crippen LogP contribution is -2.46. The second kappa shape index (κ2) is 11.1. The molecule has 0 heterocycles. The minimum atomic E-state index is -0.796. The van der Waals surface area contributed by atoms with Crippen molar-refractivity contribution in [1.82, 2.24) is 5.32 Å². The van der Waals surface area contributed by atoms with Crippen LogP contribution in [0.3, 0.4) is 0 Å². The van der Waals surface area contributed by atoms with Crippen LogP contribution in [0, 0.1) is 19.3 Å². The molecule has 2 aromatic rings. The number of Topliss-reactive ketones (excluding diaryl/α,β-unsaturated/α-hetero) is 1. The van der Waals surface area contributed by atoms with Crippen LogP contribution in [0.2, 0.25) is 0 Å². The Balaban J connectivity index is 1.89. The summed E-state index contributed by atoms with van der Waals surface area (Å²) in [5.74, 6) is 0.771. The number of nitrogens with one attached hydrogen (secondary N) is 1. The topological polar surface area (TPSA) is 78.8 Å². The van der Waals surface area contributed by atoms with Crippen LogP contribution in [-0.2, 0) is 0 Å². The molecule has 5 heteroatoms. The summed E-state index contributed by atoms with van der Waals surface area (Å²) in [6, 6.07) is 12.4. The molecule has 0 fully saturated rings. The molecule has 0 spiro atoms. The molecule has 0 aliphatic carbocycles. The third-order valence-corrected chi connectivity index (χ3v) is 5.90. The predicted molar refractivity (Wildman–Crippen MR) is 120 cm³/mol. The molecule has 30 heavy (non-hydrogen) atoms. The molecule has 0 radical (unpaired) electrons. The zero-order chi connectivity index (χ0) is 22.1. The van der Waals surface area contributed by atoms with Gasteiger partial charge < -0.3 is 14.9 Å². The van der Waals surface area contributed by atoms with Crippen LogP contribution < -0.4 is 10.1 Å². The van der Waals surface area contributed by atoms with E-state index >= 15 is 0 Å². The molecule has 0 bridgehead atoms. The van der Waals surface area contributed by atoms with Gasteiger partial charge in [0.1, 0.15) is 17.7 Å². The van der Waals surface area contributed by atoms with Crippen molar-refractivity contribution in [2.24, 2.45) is 5.41 Å². The Morgan fingerprint density at radius 1 is 1.10 bits per heavy atom. The van der Waals surface area contributed by atoms with Crippen LogP contribution >= 0.6 is 0 Å². The van der Waals surface area contributed by atoms with Gasteiger partial charge in [-0.15, -0.1) is 0 Å². The summed E-state index contributed by atoms with van der Waals surface area (Å²) < 4.78 is 5.92. The van der Waals surface area contributed by atoms with Crippen molar-refractivity contribution >= 4 is 5.78 Å². The number of aliphatic hydroxyl groups excluding tert-OH is 1. The molecule has 2 aromatic carbocycles. The van der Waals surface area contributed by atoms with E-state index in [1.54, 1.807) is 12.1 Å². The Labute approximate surface area is 180 Å². The van der Waals surface area contributed by atoms with E-state index < -0.39 is 6.23 Å². The number of aliphatic hydroxyl groups is 1. The van der Waals surface area contributed by atoms with Crippen molar-refractivity contribution in [2.45, 2.75) is 59.6 Å². The number of hydrogen-bond acceptors (Lipinski definition) is 5. The van der Waals surface area contributed by atoms with E-state index in [4.69, 9.17) is 4.74 Å². The lowest BCUT2D eigenvalue weighted by Gasteiger charge is -2.37. The first-order chi connectivity index (χ1) is 14.3. The summed E-state index contributed by atoms with van der Waals surface area (Å²) in [5.41, 5.74) is 2.45. The summed E-state index contributed by atoms with van der Waals surface area (Å²) in [4.78, 5) is 12.4. The number of hydrogen-bond donors (Lipinski definition) is 3. The van der Waals surface area contributed by atoms with Gasteiger partial charge in [0.25, 0.3) is 0 Å². The molecule has 0 saturated carbocycles. The molecule has 0 amide bonds. The minimum Gasteiger partial charge on any atom is -0.508 e. The van der Waals surface area contributed by atoms with E-state index in [2.05, 4.69) is 39.1 Å². The molecular formula is C25H35NO4. The average Bonchev–Trinajstić information content (AvgIpc) is 2.71. The van der Waals surface area contributed by atoms with Crippen molar-refractivity contribution in [3.63, 3.8) is 0 Å². The van der Waals surface area contributed by atoms with Crippen LogP contribution in [0.25, 0.3) is 0 Å². The fourth-order valence-electron chi connectivity index (χ4n) is 3.94. The number of aromatic hydroxyl groups is 1. The van der Waals surface area contributed by atoms with Crippen LogP contribution in [0.5, 0.6) is 11.5 Å². The zero-order valence-electron chi connectivity index (χ0n) is 18.6. The molecule has 0 aliphatic rings. The van der Waals surface area contributed by atoms with Gasteiger partial charge in [0.05, 0.1) is 13.2 Å². The van der Waals surface area contributed by atoms with Gasteiger partial charge in [-0.1, -0.05) is 32.0 Å². The maximum absolute atomic E-state index is 12.4. The van der Waals surface area contributed by atoms with E-state index in [0.717, 1.165) is 31.4 Å². The van der Waals surface area contributed by atoms with Gasteiger partial charge in [0.2, 0.25) is 0 Å². The number of ketones is 1.